The van der Waals surface area contributed by atoms with Crippen LogP contribution in [0.1, 0.15) is 38.7 Å². The fourth-order valence-electron chi connectivity index (χ4n) is 4.09. The number of likely N-dealkylation sites (tertiary alicyclic amines) is 1. The number of benzene rings is 1. The highest BCUT2D eigenvalue weighted by Crippen LogP contribution is 2.20. The minimum absolute atomic E-state index is 0.755. The largest absolute Gasteiger partial charge is 0.299 e. The Labute approximate surface area is 142 Å². The molecule has 2 fully saturated rings. The lowest BCUT2D eigenvalue weighted by Crippen LogP contribution is -2.54. The van der Waals surface area contributed by atoms with Crippen LogP contribution in [-0.2, 0) is 6.54 Å². The van der Waals surface area contributed by atoms with Crippen LogP contribution in [0, 0.1) is 0 Å². The summed E-state index contributed by atoms with van der Waals surface area (Å²) >= 11 is 0. The van der Waals surface area contributed by atoms with Gasteiger partial charge in [0.2, 0.25) is 0 Å². The Bertz CT molecular complexity index is 445. The fraction of sp³-hybridized carbons (Fsp3) is 0.700. The molecule has 0 spiro atoms. The van der Waals surface area contributed by atoms with Crippen molar-refractivity contribution in [3.63, 3.8) is 0 Å². The van der Waals surface area contributed by atoms with Crippen molar-refractivity contribution in [1.82, 2.24) is 14.7 Å². The van der Waals surface area contributed by atoms with Crippen molar-refractivity contribution < 1.29 is 0 Å². The minimum Gasteiger partial charge on any atom is -0.299 e. The average Bonchev–Trinajstić information content (AvgIpc) is 2.63. The van der Waals surface area contributed by atoms with Crippen LogP contribution in [0.5, 0.6) is 0 Å². The van der Waals surface area contributed by atoms with Gasteiger partial charge in [-0.3, -0.25) is 14.7 Å². The molecule has 0 N–H and O–H groups in total. The Balaban J connectivity index is 1.41. The van der Waals surface area contributed by atoms with Crippen molar-refractivity contribution in [2.75, 3.05) is 39.3 Å². The Morgan fingerprint density at radius 1 is 0.957 bits per heavy atom. The maximum Gasteiger partial charge on any atom is 0.0233 e. The molecule has 3 rings (SSSR count). The van der Waals surface area contributed by atoms with E-state index in [4.69, 9.17) is 0 Å². The van der Waals surface area contributed by atoms with Crippen LogP contribution in [0.3, 0.4) is 0 Å². The molecule has 3 heteroatoms. The van der Waals surface area contributed by atoms with Gasteiger partial charge in [-0.05, 0) is 44.8 Å². The van der Waals surface area contributed by atoms with Crippen molar-refractivity contribution in [2.45, 2.75) is 51.7 Å². The van der Waals surface area contributed by atoms with Gasteiger partial charge < -0.3 is 0 Å². The number of hydrogen-bond donors (Lipinski definition) is 0. The highest BCUT2D eigenvalue weighted by molar-refractivity contribution is 5.14. The summed E-state index contributed by atoms with van der Waals surface area (Å²) in [5.41, 5.74) is 1.45. The van der Waals surface area contributed by atoms with E-state index >= 15 is 0 Å². The van der Waals surface area contributed by atoms with Gasteiger partial charge in [-0.2, -0.15) is 0 Å². The lowest BCUT2D eigenvalue weighted by Gasteiger charge is -2.44. The molecule has 0 radical (unpaired) electrons. The molecule has 0 saturated carbocycles. The maximum absolute atomic E-state index is 2.76. The summed E-state index contributed by atoms with van der Waals surface area (Å²) in [6, 6.07) is 12.5. The highest BCUT2D eigenvalue weighted by Gasteiger charge is 2.28. The van der Waals surface area contributed by atoms with E-state index in [1.165, 1.54) is 64.1 Å². The van der Waals surface area contributed by atoms with Gasteiger partial charge in [0.1, 0.15) is 0 Å². The van der Waals surface area contributed by atoms with E-state index in [2.05, 4.69) is 58.9 Å². The molecule has 1 unspecified atom stereocenters. The monoisotopic (exact) mass is 315 g/mol. The van der Waals surface area contributed by atoms with Crippen molar-refractivity contribution in [1.29, 1.82) is 0 Å². The van der Waals surface area contributed by atoms with Gasteiger partial charge in [0, 0.05) is 44.8 Å². The average molecular weight is 316 g/mol. The van der Waals surface area contributed by atoms with E-state index in [-0.39, 0.29) is 0 Å². The van der Waals surface area contributed by atoms with E-state index in [0.29, 0.717) is 0 Å². The minimum atomic E-state index is 0.755. The third-order valence-corrected chi connectivity index (χ3v) is 5.89. The molecule has 128 valence electrons. The molecule has 0 amide bonds. The van der Waals surface area contributed by atoms with Crippen molar-refractivity contribution in [3.8, 4) is 0 Å². The standard InChI is InChI=1S/C20H33N3/c1-3-18(2)22-13-15-23(16-14-22)20-9-11-21(12-10-20)17-19-7-5-4-6-8-19/h4-8,18,20H,3,9-17H2,1-2H3. The van der Waals surface area contributed by atoms with E-state index in [1.54, 1.807) is 0 Å². The Morgan fingerprint density at radius 3 is 2.22 bits per heavy atom. The highest BCUT2D eigenvalue weighted by atomic mass is 15.3. The van der Waals surface area contributed by atoms with Crippen LogP contribution in [0.15, 0.2) is 30.3 Å². The Morgan fingerprint density at radius 2 is 1.61 bits per heavy atom. The van der Waals surface area contributed by atoms with Crippen LogP contribution in [0.2, 0.25) is 0 Å². The first-order chi connectivity index (χ1) is 11.3. The van der Waals surface area contributed by atoms with Crippen molar-refractivity contribution in [2.24, 2.45) is 0 Å². The topological polar surface area (TPSA) is 9.72 Å². The fourth-order valence-corrected chi connectivity index (χ4v) is 4.09. The molecule has 0 aromatic heterocycles. The third-order valence-electron chi connectivity index (χ3n) is 5.89. The summed E-state index contributed by atoms with van der Waals surface area (Å²) < 4.78 is 0. The summed E-state index contributed by atoms with van der Waals surface area (Å²) in [7, 11) is 0. The second kappa shape index (κ2) is 8.27. The zero-order chi connectivity index (χ0) is 16.1. The van der Waals surface area contributed by atoms with Gasteiger partial charge in [-0.25, -0.2) is 0 Å². The maximum atomic E-state index is 2.76. The van der Waals surface area contributed by atoms with Crippen LogP contribution < -0.4 is 0 Å². The van der Waals surface area contributed by atoms with Gasteiger partial charge in [-0.1, -0.05) is 37.3 Å². The van der Waals surface area contributed by atoms with Crippen LogP contribution in [0.4, 0.5) is 0 Å². The van der Waals surface area contributed by atoms with E-state index in [0.717, 1.165) is 18.6 Å². The number of rotatable bonds is 5. The normalized spacial score (nSPS) is 23.9. The summed E-state index contributed by atoms with van der Waals surface area (Å²) in [5.74, 6) is 0. The first-order valence-corrected chi connectivity index (χ1v) is 9.50. The predicted molar refractivity (Wildman–Crippen MR) is 97.6 cm³/mol. The second-order valence-corrected chi connectivity index (χ2v) is 7.32. The van der Waals surface area contributed by atoms with Crippen LogP contribution in [-0.4, -0.2) is 66.1 Å². The van der Waals surface area contributed by atoms with Gasteiger partial charge in [0.15, 0.2) is 0 Å². The predicted octanol–water partition coefficient (Wildman–Crippen LogP) is 3.07. The summed E-state index contributed by atoms with van der Waals surface area (Å²) in [5, 5.41) is 0. The molecule has 2 saturated heterocycles. The lowest BCUT2D eigenvalue weighted by molar-refractivity contribution is 0.0437. The third kappa shape index (κ3) is 4.56. The smallest absolute Gasteiger partial charge is 0.0233 e. The first-order valence-electron chi connectivity index (χ1n) is 9.50. The number of hydrogen-bond acceptors (Lipinski definition) is 3. The van der Waals surface area contributed by atoms with Gasteiger partial charge in [-0.15, -0.1) is 0 Å². The van der Waals surface area contributed by atoms with Crippen LogP contribution in [0.25, 0.3) is 0 Å². The SMILES string of the molecule is CCC(C)N1CCN(C2CCN(Cc3ccccc3)CC2)CC1. The molecule has 2 aliphatic heterocycles. The van der Waals surface area contributed by atoms with Gasteiger partial charge in [0.05, 0.1) is 0 Å². The van der Waals surface area contributed by atoms with E-state index in [9.17, 15) is 0 Å². The van der Waals surface area contributed by atoms with Gasteiger partial charge >= 0.3 is 0 Å². The van der Waals surface area contributed by atoms with Crippen molar-refractivity contribution >= 4 is 0 Å². The van der Waals surface area contributed by atoms with Gasteiger partial charge in [0.25, 0.3) is 0 Å². The number of nitrogens with zero attached hydrogens (tertiary/aromatic N) is 3. The second-order valence-electron chi connectivity index (χ2n) is 7.32. The summed E-state index contributed by atoms with van der Waals surface area (Å²) in [6.45, 7) is 13.4. The number of piperidine rings is 1. The molecular formula is C20H33N3. The van der Waals surface area contributed by atoms with E-state index in [1.807, 2.05) is 0 Å². The summed E-state index contributed by atoms with van der Waals surface area (Å²) in [6.07, 6.45) is 3.96. The Hall–Kier alpha value is -0.900. The molecule has 2 aliphatic rings. The van der Waals surface area contributed by atoms with E-state index < -0.39 is 0 Å². The molecular weight excluding hydrogens is 282 g/mol. The molecule has 1 aromatic carbocycles. The molecule has 1 atom stereocenters. The number of piperazine rings is 1. The Kier molecular flexibility index (Phi) is 6.09. The molecule has 23 heavy (non-hydrogen) atoms. The van der Waals surface area contributed by atoms with Crippen LogP contribution >= 0.6 is 0 Å². The first kappa shape index (κ1) is 16.9. The molecule has 0 bridgehead atoms. The zero-order valence-corrected chi connectivity index (χ0v) is 15.0. The summed E-state index contributed by atoms with van der Waals surface area (Å²) in [4.78, 5) is 8.06. The van der Waals surface area contributed by atoms with Crippen molar-refractivity contribution in [3.05, 3.63) is 35.9 Å². The molecule has 2 heterocycles. The molecule has 0 aliphatic carbocycles. The molecule has 3 nitrogen and oxygen atoms in total. The lowest BCUT2D eigenvalue weighted by atomic mass is 10.0. The quantitative estimate of drug-likeness (QED) is 0.827. The zero-order valence-electron chi connectivity index (χ0n) is 15.0. The molecule has 1 aromatic rings.